The predicted octanol–water partition coefficient (Wildman–Crippen LogP) is 14.2. The van der Waals surface area contributed by atoms with Crippen LogP contribution in [0.4, 0.5) is 17.6 Å². The van der Waals surface area contributed by atoms with Crippen LogP contribution in [0.3, 0.4) is 0 Å². The second-order valence-corrected chi connectivity index (χ2v) is 34.6. The summed E-state index contributed by atoms with van der Waals surface area (Å²) in [6, 6.07) is 23.4. The number of hydrogen-bond donors (Lipinski definition) is 0. The third-order valence-corrected chi connectivity index (χ3v) is 26.7. The molecule has 0 aromatic heterocycles. The maximum Gasteiger partial charge on any atom is 0.242 e. The Labute approximate surface area is 757 Å². The summed E-state index contributed by atoms with van der Waals surface area (Å²) in [6.45, 7) is 6.97. The normalized spacial score (nSPS) is 38.5. The molecule has 5 aliphatic carbocycles. The lowest BCUT2D eigenvalue weighted by Crippen LogP contribution is -2.56. The number of hydrogen-bond acceptors (Lipinski definition) is 10. The molecule has 10 fully saturated rings. The molecular formula is C99H124F4N10O10. The van der Waals surface area contributed by atoms with E-state index in [0.717, 1.165) is 113 Å². The lowest BCUT2D eigenvalue weighted by atomic mass is 9.82. The summed E-state index contributed by atoms with van der Waals surface area (Å²) in [5.74, 6) is -21.4. The minimum Gasteiger partial charge on any atom is -0.332 e. The van der Waals surface area contributed by atoms with Crippen molar-refractivity contribution in [2.45, 2.75) is 224 Å². The maximum atomic E-state index is 14.0. The van der Waals surface area contributed by atoms with Gasteiger partial charge in [0.05, 0.1) is 62.9 Å². The van der Waals surface area contributed by atoms with Crippen LogP contribution in [0, 0.1) is 76.4 Å². The molecule has 10 amide bonds. The van der Waals surface area contributed by atoms with Gasteiger partial charge in [0.15, 0.2) is 0 Å². The van der Waals surface area contributed by atoms with Gasteiger partial charge in [-0.25, -0.2) is 17.6 Å². The minimum absolute atomic E-state index is 0.00896. The van der Waals surface area contributed by atoms with Crippen molar-refractivity contribution in [2.24, 2.45) is 53.1 Å². The van der Waals surface area contributed by atoms with Crippen LogP contribution in [0.1, 0.15) is 282 Å². The van der Waals surface area contributed by atoms with E-state index >= 15 is 0 Å². The Hall–Kier alpha value is -9.48. The molecule has 0 radical (unpaired) electrons. The van der Waals surface area contributed by atoms with E-state index in [1.54, 1.807) is 32.9 Å². The molecule has 0 spiro atoms. The fourth-order valence-corrected chi connectivity index (χ4v) is 20.0. The smallest absolute Gasteiger partial charge is 0.242 e. The van der Waals surface area contributed by atoms with Gasteiger partial charge >= 0.3 is 0 Å². The molecule has 5 saturated carbocycles. The number of halogens is 4. The molecule has 0 N–H and O–H groups in total. The molecule has 0 bridgehead atoms. The Bertz CT molecular complexity index is 6030. The van der Waals surface area contributed by atoms with E-state index in [2.05, 4.69) is 0 Å². The second kappa shape index (κ2) is 38.2. The number of carbonyl (C=O) groups is 10. The molecule has 5 aromatic carbocycles. The van der Waals surface area contributed by atoms with Crippen molar-refractivity contribution in [1.82, 2.24) is 49.0 Å². The van der Waals surface area contributed by atoms with Crippen molar-refractivity contribution in [1.29, 1.82) is 0 Å². The monoisotopic (exact) mass is 1710 g/mol. The predicted molar refractivity (Wildman–Crippen MR) is 457 cm³/mol. The van der Waals surface area contributed by atoms with Crippen LogP contribution in [-0.2, 0) is 80.0 Å². The molecule has 10 heterocycles. The maximum absolute atomic E-state index is 14.0. The number of piperazine rings is 5. The van der Waals surface area contributed by atoms with Gasteiger partial charge in [0.2, 0.25) is 59.1 Å². The highest BCUT2D eigenvalue weighted by atomic mass is 19.1. The van der Waals surface area contributed by atoms with Crippen molar-refractivity contribution in [2.75, 3.05) is 98.2 Å². The molecule has 10 aliphatic heterocycles. The van der Waals surface area contributed by atoms with E-state index in [1.807, 2.05) is 47.1 Å². The van der Waals surface area contributed by atoms with Gasteiger partial charge in [-0.15, -0.1) is 0 Å². The zero-order valence-electron chi connectivity index (χ0n) is 94.9. The lowest BCUT2D eigenvalue weighted by Gasteiger charge is -2.45. The fraction of sp³-hybridized carbons (Fsp3) is 0.596. The highest BCUT2D eigenvalue weighted by Gasteiger charge is 2.47. The first kappa shape index (κ1) is 61.0. The van der Waals surface area contributed by atoms with Crippen LogP contribution in [0.2, 0.25) is 0 Å². The number of carbonyl (C=O) groups excluding carboxylic acids is 10. The average molecular weight is 1720 g/mol. The van der Waals surface area contributed by atoms with Gasteiger partial charge in [-0.1, -0.05) is 95.5 Å². The summed E-state index contributed by atoms with van der Waals surface area (Å²) >= 11 is 0. The molecular weight excluding hydrogens is 1570 g/mol. The highest BCUT2D eigenvalue weighted by Crippen LogP contribution is 2.44. The Balaban J connectivity index is 0.000000133. The van der Waals surface area contributed by atoms with Crippen molar-refractivity contribution in [3.8, 4) is 0 Å². The molecule has 5 saturated heterocycles. The topological polar surface area (TPSA) is 203 Å². The first-order chi connectivity index (χ1) is 68.6. The van der Waals surface area contributed by atoms with Crippen LogP contribution in [0.5, 0.6) is 0 Å². The van der Waals surface area contributed by atoms with Crippen molar-refractivity contribution in [3.05, 3.63) is 176 Å². The number of benzene rings is 5. The Morgan fingerprint density at radius 3 is 0.943 bits per heavy atom. The molecule has 15 aliphatic rings. The third kappa shape index (κ3) is 19.3. The van der Waals surface area contributed by atoms with Crippen LogP contribution in [0.15, 0.2) is 97.1 Å². The summed E-state index contributed by atoms with van der Waals surface area (Å²) in [5, 5.41) is 0. The van der Waals surface area contributed by atoms with Crippen molar-refractivity contribution < 1.29 is 99.8 Å². The zero-order chi connectivity index (χ0) is 109. The first-order valence-electron chi connectivity index (χ1n) is 55.7. The molecule has 5 aromatic rings. The number of nitrogens with zero attached hydrogens (tertiary/aromatic N) is 10. The van der Waals surface area contributed by atoms with Crippen LogP contribution < -0.4 is 0 Å². The van der Waals surface area contributed by atoms with E-state index in [9.17, 15) is 65.5 Å². The summed E-state index contributed by atoms with van der Waals surface area (Å²) in [5.41, 5.74) is 8.50. The Morgan fingerprint density at radius 1 is 0.301 bits per heavy atom. The molecule has 24 heteroatoms. The summed E-state index contributed by atoms with van der Waals surface area (Å²) in [6.07, 6.45) is -20.7. The summed E-state index contributed by atoms with van der Waals surface area (Å²) < 4.78 is 263. The third-order valence-electron chi connectivity index (χ3n) is 26.7. The number of amides is 10. The fourth-order valence-electron chi connectivity index (χ4n) is 20.0. The van der Waals surface area contributed by atoms with E-state index in [1.165, 1.54) is 82.1 Å². The molecule has 20 nitrogen and oxygen atoms in total. The average Bonchev–Trinajstić information content (AvgIpc) is 0.663. The van der Waals surface area contributed by atoms with Crippen LogP contribution >= 0.6 is 0 Å². The van der Waals surface area contributed by atoms with E-state index in [0.29, 0.717) is 89.5 Å². The minimum atomic E-state index is -3.69. The molecule has 5 unspecified atom stereocenters. The summed E-state index contributed by atoms with van der Waals surface area (Å²) in [4.78, 5) is 145. The summed E-state index contributed by atoms with van der Waals surface area (Å²) in [7, 11) is 0. The number of rotatable bonds is 5. The van der Waals surface area contributed by atoms with Gasteiger partial charge in [-0.3, -0.25) is 47.9 Å². The van der Waals surface area contributed by atoms with Gasteiger partial charge < -0.3 is 49.0 Å². The van der Waals surface area contributed by atoms with Gasteiger partial charge in [-0.05, 0) is 275 Å². The molecule has 20 rings (SSSR count). The van der Waals surface area contributed by atoms with Gasteiger partial charge in [0, 0.05) is 129 Å². The Morgan fingerprint density at radius 2 is 0.585 bits per heavy atom. The van der Waals surface area contributed by atoms with Gasteiger partial charge in [0.1, 0.15) is 23.3 Å². The van der Waals surface area contributed by atoms with Crippen LogP contribution in [0.25, 0.3) is 0 Å². The van der Waals surface area contributed by atoms with Crippen molar-refractivity contribution in [3.63, 3.8) is 0 Å². The second-order valence-electron chi connectivity index (χ2n) is 34.6. The van der Waals surface area contributed by atoms with E-state index in [4.69, 9.17) is 34.3 Å². The molecule has 658 valence electrons. The van der Waals surface area contributed by atoms with Crippen LogP contribution in [-0.4, -0.2) is 206 Å². The first-order valence-corrected chi connectivity index (χ1v) is 43.2. The van der Waals surface area contributed by atoms with Gasteiger partial charge in [0.25, 0.3) is 0 Å². The van der Waals surface area contributed by atoms with Gasteiger partial charge in [-0.2, -0.15) is 0 Å². The molecule has 5 atom stereocenters. The SMILES string of the molecule is O=C(C1CCCCC1)N1CC(=O)N2CCc3ccc(F)cc3C2C1.[2H]C1(C)CCC(C(=O)N2CC(=O)N3CCc4ccc(F)cc4C3C2)CC1.[2H]C1([2H])C(C(=O)N2CC(=O)N3CCc4ccc(F)cc4C3C2)C([2H])([2H])C([2H])([2H])C([2H])(C)C1([2H])[2H].[2H]C1([2H])C([2H])([2H])C([2H])(C(=O)N2CC(=O)N3CCc4ccc(F)cc4C3C2)C([2H])([2H])C([2H])([2H])C1([2H])C.[2H]C1([2H])CC(C(=O)N2CC(=O)N3CCc4ccccc4C3C2)CC([2H])([2H])C1([2H])C. The Kier molecular flexibility index (Phi) is 18.9. The number of fused-ring (bicyclic) bond motifs is 15. The highest BCUT2D eigenvalue weighted by molar-refractivity contribution is 5.91. The lowest BCUT2D eigenvalue weighted by molar-refractivity contribution is -0.152. The van der Waals surface area contributed by atoms with E-state index < -0.39 is 165 Å². The molecule has 123 heavy (non-hydrogen) atoms. The zero-order valence-corrected chi connectivity index (χ0v) is 69.9. The van der Waals surface area contributed by atoms with E-state index in [-0.39, 0.29) is 129 Å². The van der Waals surface area contributed by atoms with Crippen molar-refractivity contribution >= 4 is 59.1 Å². The largest absolute Gasteiger partial charge is 0.332 e. The standard InChI is InChI=1S/3C20H25FN2O2.C20H26N2O2.C19H23FN2O2/c3*1-13-2-4-15(5-3-13)20(25)22-11-18-17-10-16(21)7-6-14(17)8-9-23(18)19(24)12-22;1-14-6-8-16(9-7-14)20(24)21-12-18-17-5-3-2-4-15(17)10-11-22(18)19(23)13-21;20-15-7-6-13-8-9-22-17(16(13)10-15)11-21(12-18(22)23)19(24)14-4-2-1-3-5-14/h3*6-7,10,13,15,18H,2-5,8-9,11-12H2,1H3;2-5,14,16,18H,6-13H2,1H3;6-7,10,14,17H,1-5,8-9,11-12H2/i2D2,3D2,4D2,5D2,13D,15D;2D2,3D2,4D2,5D2,13D;13D;6D2,7D2,14D;. The quantitative estimate of drug-likeness (QED) is 0.152.